The number of benzene rings is 2. The number of rotatable bonds is 8. The summed E-state index contributed by atoms with van der Waals surface area (Å²) in [6, 6.07) is 12.6. The molecule has 0 aliphatic carbocycles. The molecule has 0 atom stereocenters. The van der Waals surface area contributed by atoms with Crippen LogP contribution in [0.15, 0.2) is 87.7 Å². The van der Waals surface area contributed by atoms with E-state index in [4.69, 9.17) is 0 Å². The number of ether oxygens (including phenoxy) is 1. The molecule has 32 heavy (non-hydrogen) atoms. The minimum atomic E-state index is -5.18. The number of alkyl halides is 3. The molecule has 0 radical (unpaired) electrons. The van der Waals surface area contributed by atoms with Crippen molar-refractivity contribution in [1.29, 1.82) is 0 Å². The molecule has 0 aliphatic rings. The van der Waals surface area contributed by atoms with Gasteiger partial charge in [0.1, 0.15) is 10.6 Å². The average Bonchev–Trinajstić information content (AvgIpc) is 2.74. The Balaban J connectivity index is 1.97. The second kappa shape index (κ2) is 9.27. The first-order valence-corrected chi connectivity index (χ1v) is 12.0. The van der Waals surface area contributed by atoms with Crippen LogP contribution in [0.25, 0.3) is 0 Å². The Labute approximate surface area is 182 Å². The molecule has 0 unspecified atom stereocenters. The number of sulfonamides is 1. The summed E-state index contributed by atoms with van der Waals surface area (Å²) in [6.07, 6.45) is -1.92. The van der Waals surface area contributed by atoms with Crippen LogP contribution in [0.2, 0.25) is 0 Å². The molecule has 1 heterocycles. The van der Waals surface area contributed by atoms with E-state index in [1.807, 2.05) is 0 Å². The Kier molecular flexibility index (Phi) is 6.86. The van der Waals surface area contributed by atoms with E-state index in [0.29, 0.717) is 17.7 Å². The maximum atomic E-state index is 12.8. The van der Waals surface area contributed by atoms with Crippen molar-refractivity contribution < 1.29 is 34.7 Å². The van der Waals surface area contributed by atoms with Crippen molar-refractivity contribution >= 4 is 19.9 Å². The van der Waals surface area contributed by atoms with Crippen LogP contribution in [-0.4, -0.2) is 34.7 Å². The van der Waals surface area contributed by atoms with E-state index in [0.717, 1.165) is 6.07 Å². The third kappa shape index (κ3) is 5.84. The highest BCUT2D eigenvalue weighted by Gasteiger charge is 2.35. The lowest BCUT2D eigenvalue weighted by Gasteiger charge is -2.15. The molecule has 0 fully saturated rings. The molecule has 12 heteroatoms. The van der Waals surface area contributed by atoms with E-state index < -0.39 is 41.8 Å². The number of aromatic nitrogens is 1. The number of halogens is 3. The van der Waals surface area contributed by atoms with Gasteiger partial charge >= 0.3 is 6.36 Å². The van der Waals surface area contributed by atoms with E-state index >= 15 is 0 Å². The SMILES string of the molecule is O=S(=O)(NCCc1cccnc1)c1cc(S(=O)(=O)c2ccccc2)ccc1OC(F)(F)F. The molecule has 0 bridgehead atoms. The molecule has 3 rings (SSSR count). The van der Waals surface area contributed by atoms with Gasteiger partial charge in [0.15, 0.2) is 0 Å². The normalized spacial score (nSPS) is 12.5. The lowest BCUT2D eigenvalue weighted by molar-refractivity contribution is -0.275. The summed E-state index contributed by atoms with van der Waals surface area (Å²) in [7, 11) is -8.74. The molecule has 2 aromatic carbocycles. The van der Waals surface area contributed by atoms with Crippen molar-refractivity contribution in [2.75, 3.05) is 6.54 Å². The number of nitrogens with one attached hydrogen (secondary N) is 1. The Morgan fingerprint density at radius 3 is 2.25 bits per heavy atom. The largest absolute Gasteiger partial charge is 0.573 e. The van der Waals surface area contributed by atoms with E-state index in [2.05, 4.69) is 14.4 Å². The third-order valence-electron chi connectivity index (χ3n) is 4.22. The minimum absolute atomic E-state index is 0.141. The van der Waals surface area contributed by atoms with Gasteiger partial charge in [-0.25, -0.2) is 21.6 Å². The standard InChI is InChI=1S/C20H17F3N2O5S2/c21-20(22,23)30-18-9-8-17(31(26,27)16-6-2-1-3-7-16)13-19(18)32(28,29)25-12-10-15-5-4-11-24-14-15/h1-9,11,13-14,25H,10,12H2. The third-order valence-corrected chi connectivity index (χ3v) is 7.47. The van der Waals surface area contributed by atoms with Gasteiger partial charge in [-0.15, -0.1) is 13.2 Å². The zero-order chi connectivity index (χ0) is 23.4. The van der Waals surface area contributed by atoms with Crippen LogP contribution in [0, 0.1) is 0 Å². The van der Waals surface area contributed by atoms with Gasteiger partial charge in [0, 0.05) is 18.9 Å². The fourth-order valence-electron chi connectivity index (χ4n) is 2.76. The molecule has 7 nitrogen and oxygen atoms in total. The van der Waals surface area contributed by atoms with Crippen LogP contribution in [0.1, 0.15) is 5.56 Å². The number of sulfone groups is 1. The first-order chi connectivity index (χ1) is 15.0. The highest BCUT2D eigenvalue weighted by Crippen LogP contribution is 2.33. The predicted molar refractivity (Wildman–Crippen MR) is 108 cm³/mol. The zero-order valence-corrected chi connectivity index (χ0v) is 17.9. The quantitative estimate of drug-likeness (QED) is 0.524. The van der Waals surface area contributed by atoms with Crippen LogP contribution >= 0.6 is 0 Å². The summed E-state index contributed by atoms with van der Waals surface area (Å²) < 4.78 is 95.7. The zero-order valence-electron chi connectivity index (χ0n) is 16.3. The summed E-state index contributed by atoms with van der Waals surface area (Å²) >= 11 is 0. The number of nitrogens with zero attached hydrogens (tertiary/aromatic N) is 1. The molecule has 3 aromatic rings. The highest BCUT2D eigenvalue weighted by atomic mass is 32.2. The molecule has 1 N–H and O–H groups in total. The molecular formula is C20H17F3N2O5S2. The van der Waals surface area contributed by atoms with Gasteiger partial charge < -0.3 is 4.74 Å². The topological polar surface area (TPSA) is 102 Å². The lowest BCUT2D eigenvalue weighted by atomic mass is 10.2. The first-order valence-electron chi connectivity index (χ1n) is 9.07. The van der Waals surface area contributed by atoms with Crippen molar-refractivity contribution in [3.63, 3.8) is 0 Å². The van der Waals surface area contributed by atoms with Gasteiger partial charge in [-0.2, -0.15) is 0 Å². The second-order valence-electron chi connectivity index (χ2n) is 6.48. The van der Waals surface area contributed by atoms with Gasteiger partial charge in [-0.3, -0.25) is 4.98 Å². The monoisotopic (exact) mass is 486 g/mol. The Hall–Kier alpha value is -2.96. The van der Waals surface area contributed by atoms with Gasteiger partial charge in [0.25, 0.3) is 0 Å². The summed E-state index contributed by atoms with van der Waals surface area (Å²) in [5, 5.41) is 0. The van der Waals surface area contributed by atoms with Crippen LogP contribution < -0.4 is 9.46 Å². The Bertz CT molecular complexity index is 1280. The summed E-state index contributed by atoms with van der Waals surface area (Å²) in [4.78, 5) is 2.31. The second-order valence-corrected chi connectivity index (χ2v) is 10.2. The van der Waals surface area contributed by atoms with Gasteiger partial charge in [-0.1, -0.05) is 24.3 Å². The van der Waals surface area contributed by atoms with Crippen molar-refractivity contribution in [1.82, 2.24) is 9.71 Å². The van der Waals surface area contributed by atoms with E-state index in [1.165, 1.54) is 36.7 Å². The molecule has 1 aromatic heterocycles. The Morgan fingerprint density at radius 1 is 0.906 bits per heavy atom. The predicted octanol–water partition coefficient (Wildman–Crippen LogP) is 3.33. The number of pyridine rings is 1. The van der Waals surface area contributed by atoms with Crippen molar-refractivity contribution in [2.45, 2.75) is 27.5 Å². The van der Waals surface area contributed by atoms with Gasteiger partial charge in [-0.05, 0) is 48.4 Å². The van der Waals surface area contributed by atoms with Crippen LogP contribution in [0.3, 0.4) is 0 Å². The van der Waals surface area contributed by atoms with Gasteiger partial charge in [0.2, 0.25) is 19.9 Å². The number of hydrogen-bond acceptors (Lipinski definition) is 6. The molecule has 0 spiro atoms. The molecular weight excluding hydrogens is 469 g/mol. The van der Waals surface area contributed by atoms with E-state index in [-0.39, 0.29) is 17.9 Å². The molecule has 0 aliphatic heterocycles. The molecule has 170 valence electrons. The average molecular weight is 486 g/mol. The van der Waals surface area contributed by atoms with Crippen molar-refractivity contribution in [2.24, 2.45) is 0 Å². The number of hydrogen-bond donors (Lipinski definition) is 1. The summed E-state index contributed by atoms with van der Waals surface area (Å²) in [5.74, 6) is -1.04. The maximum Gasteiger partial charge on any atom is 0.573 e. The summed E-state index contributed by atoms with van der Waals surface area (Å²) in [5.41, 5.74) is 0.697. The fourth-order valence-corrected chi connectivity index (χ4v) is 5.33. The highest BCUT2D eigenvalue weighted by molar-refractivity contribution is 7.91. The molecule has 0 saturated carbocycles. The van der Waals surface area contributed by atoms with Crippen LogP contribution in [-0.2, 0) is 26.3 Å². The van der Waals surface area contributed by atoms with Crippen LogP contribution in [0.4, 0.5) is 13.2 Å². The smallest absolute Gasteiger partial charge is 0.404 e. The van der Waals surface area contributed by atoms with Crippen molar-refractivity contribution in [3.05, 3.63) is 78.6 Å². The first kappa shape index (κ1) is 23.7. The van der Waals surface area contributed by atoms with Crippen molar-refractivity contribution in [3.8, 4) is 5.75 Å². The molecule has 0 amide bonds. The summed E-state index contributed by atoms with van der Waals surface area (Å²) in [6.45, 7) is -0.158. The minimum Gasteiger partial charge on any atom is -0.404 e. The molecule has 0 saturated heterocycles. The van der Waals surface area contributed by atoms with E-state index in [9.17, 15) is 30.0 Å². The van der Waals surface area contributed by atoms with Gasteiger partial charge in [0.05, 0.1) is 9.79 Å². The maximum absolute atomic E-state index is 12.8. The Morgan fingerprint density at radius 2 is 1.62 bits per heavy atom. The fraction of sp³-hybridized carbons (Fsp3) is 0.150. The van der Waals surface area contributed by atoms with E-state index in [1.54, 1.807) is 18.2 Å². The lowest BCUT2D eigenvalue weighted by Crippen LogP contribution is -2.28. The van der Waals surface area contributed by atoms with Crippen LogP contribution in [0.5, 0.6) is 5.75 Å².